The number of hydrogen-bond donors (Lipinski definition) is 1. The van der Waals surface area contributed by atoms with E-state index in [0.717, 1.165) is 27.9 Å². The monoisotopic (exact) mass is 382 g/mol. The predicted octanol–water partition coefficient (Wildman–Crippen LogP) is 4.87. The Morgan fingerprint density at radius 2 is 1.78 bits per heavy atom. The maximum Gasteiger partial charge on any atom is 0.278 e. The zero-order valence-corrected chi connectivity index (χ0v) is 16.8. The van der Waals surface area contributed by atoms with Crippen LogP contribution in [0.2, 0.25) is 5.02 Å². The first-order valence-corrected chi connectivity index (χ1v) is 9.43. The number of amides is 2. The fourth-order valence-electron chi connectivity index (χ4n) is 3.34. The molecule has 0 radical (unpaired) electrons. The van der Waals surface area contributed by atoms with Gasteiger partial charge in [-0.2, -0.15) is 0 Å². The van der Waals surface area contributed by atoms with Crippen molar-refractivity contribution < 1.29 is 9.59 Å². The Bertz CT molecular complexity index is 963. The smallest absolute Gasteiger partial charge is 0.278 e. The Hall–Kier alpha value is -2.59. The number of aryl methyl sites for hydroxylation is 2. The highest BCUT2D eigenvalue weighted by atomic mass is 35.5. The number of hydrogen-bond acceptors (Lipinski definition) is 3. The summed E-state index contributed by atoms with van der Waals surface area (Å²) < 4.78 is 0. The molecule has 27 heavy (non-hydrogen) atoms. The second-order valence-electron chi connectivity index (χ2n) is 6.87. The van der Waals surface area contributed by atoms with Crippen molar-refractivity contribution in [1.82, 2.24) is 4.90 Å². The molecule has 0 spiro atoms. The molecule has 1 heterocycles. The van der Waals surface area contributed by atoms with Crippen LogP contribution in [0.4, 0.5) is 5.69 Å². The standard InChI is InChI=1S/C22H23ClN2O2/c1-5-11-25-21(26)19(16-10-9-13(2)12-14(16)3)20(22(25)27)24-18-8-6-7-17(23)15(18)4/h6-10,12,24H,5,11H2,1-4H3. The van der Waals surface area contributed by atoms with Crippen molar-refractivity contribution in [3.63, 3.8) is 0 Å². The van der Waals surface area contributed by atoms with Gasteiger partial charge in [-0.05, 0) is 56.0 Å². The Labute approximate surface area is 164 Å². The lowest BCUT2D eigenvalue weighted by molar-refractivity contribution is -0.136. The largest absolute Gasteiger partial charge is 0.350 e. The summed E-state index contributed by atoms with van der Waals surface area (Å²) in [7, 11) is 0. The van der Waals surface area contributed by atoms with E-state index in [4.69, 9.17) is 11.6 Å². The topological polar surface area (TPSA) is 49.4 Å². The minimum Gasteiger partial charge on any atom is -0.350 e. The molecule has 0 saturated heterocycles. The molecule has 2 amide bonds. The van der Waals surface area contributed by atoms with Crippen molar-refractivity contribution >= 4 is 34.7 Å². The molecule has 2 aromatic carbocycles. The van der Waals surface area contributed by atoms with Crippen LogP contribution in [0.3, 0.4) is 0 Å². The van der Waals surface area contributed by atoms with E-state index in [9.17, 15) is 9.59 Å². The van der Waals surface area contributed by atoms with Crippen LogP contribution in [0.5, 0.6) is 0 Å². The summed E-state index contributed by atoms with van der Waals surface area (Å²) in [6.07, 6.45) is 0.709. The molecular weight excluding hydrogens is 360 g/mol. The number of anilines is 1. The molecule has 2 aromatic rings. The lowest BCUT2D eigenvalue weighted by atomic mass is 9.97. The van der Waals surface area contributed by atoms with Crippen LogP contribution in [0.1, 0.15) is 35.6 Å². The van der Waals surface area contributed by atoms with E-state index < -0.39 is 0 Å². The van der Waals surface area contributed by atoms with Crippen molar-refractivity contribution in [2.45, 2.75) is 34.1 Å². The quantitative estimate of drug-likeness (QED) is 0.750. The van der Waals surface area contributed by atoms with Gasteiger partial charge in [0.15, 0.2) is 0 Å². The third kappa shape index (κ3) is 3.50. The third-order valence-corrected chi connectivity index (χ3v) is 5.20. The van der Waals surface area contributed by atoms with Gasteiger partial charge >= 0.3 is 0 Å². The first-order valence-electron chi connectivity index (χ1n) is 9.05. The van der Waals surface area contributed by atoms with Crippen LogP contribution in [-0.4, -0.2) is 23.3 Å². The lowest BCUT2D eigenvalue weighted by Gasteiger charge is -2.14. The SMILES string of the molecule is CCCN1C(=O)C(Nc2cccc(Cl)c2C)=C(c2ccc(C)cc2C)C1=O. The van der Waals surface area contributed by atoms with Crippen LogP contribution in [-0.2, 0) is 9.59 Å². The van der Waals surface area contributed by atoms with Crippen molar-refractivity contribution in [3.05, 3.63) is 69.4 Å². The van der Waals surface area contributed by atoms with Gasteiger partial charge in [0.05, 0.1) is 5.57 Å². The summed E-state index contributed by atoms with van der Waals surface area (Å²) in [4.78, 5) is 27.4. The molecule has 0 aliphatic carbocycles. The van der Waals surface area contributed by atoms with Crippen LogP contribution >= 0.6 is 11.6 Å². The van der Waals surface area contributed by atoms with E-state index >= 15 is 0 Å². The van der Waals surface area contributed by atoms with Crippen molar-refractivity contribution in [3.8, 4) is 0 Å². The molecule has 0 fully saturated rings. The molecule has 1 aliphatic rings. The number of benzene rings is 2. The summed E-state index contributed by atoms with van der Waals surface area (Å²) in [6, 6.07) is 11.4. The van der Waals surface area contributed by atoms with E-state index in [1.165, 1.54) is 4.90 Å². The summed E-state index contributed by atoms with van der Waals surface area (Å²) in [5.74, 6) is -0.549. The normalized spacial score (nSPS) is 14.3. The van der Waals surface area contributed by atoms with Gasteiger partial charge in [-0.25, -0.2) is 0 Å². The van der Waals surface area contributed by atoms with Crippen LogP contribution < -0.4 is 5.32 Å². The Kier molecular flexibility index (Phi) is 5.38. The number of imide groups is 1. The molecule has 5 heteroatoms. The third-order valence-electron chi connectivity index (χ3n) is 4.79. The average molecular weight is 383 g/mol. The van der Waals surface area contributed by atoms with Crippen molar-refractivity contribution in [1.29, 1.82) is 0 Å². The first kappa shape index (κ1) is 19.2. The lowest BCUT2D eigenvalue weighted by Crippen LogP contribution is -2.33. The summed E-state index contributed by atoms with van der Waals surface area (Å²) >= 11 is 6.22. The van der Waals surface area contributed by atoms with Gasteiger partial charge in [-0.15, -0.1) is 0 Å². The number of halogens is 1. The van der Waals surface area contributed by atoms with Gasteiger partial charge < -0.3 is 5.32 Å². The highest BCUT2D eigenvalue weighted by molar-refractivity contribution is 6.37. The van der Waals surface area contributed by atoms with E-state index in [1.54, 1.807) is 6.07 Å². The molecule has 0 aromatic heterocycles. The van der Waals surface area contributed by atoms with Crippen molar-refractivity contribution in [2.75, 3.05) is 11.9 Å². The Morgan fingerprint density at radius 3 is 2.44 bits per heavy atom. The van der Waals surface area contributed by atoms with Gasteiger partial charge in [0.25, 0.3) is 11.8 Å². The average Bonchev–Trinajstić information content (AvgIpc) is 2.84. The Balaban J connectivity index is 2.16. The number of nitrogens with one attached hydrogen (secondary N) is 1. The Morgan fingerprint density at radius 1 is 1.04 bits per heavy atom. The zero-order chi connectivity index (χ0) is 19.7. The molecule has 0 saturated carbocycles. The fourth-order valence-corrected chi connectivity index (χ4v) is 3.51. The molecular formula is C22H23ClN2O2. The van der Waals surface area contributed by atoms with Crippen LogP contribution in [0.15, 0.2) is 42.1 Å². The van der Waals surface area contributed by atoms with E-state index in [1.807, 2.05) is 58.0 Å². The molecule has 1 aliphatic heterocycles. The number of rotatable bonds is 5. The number of carbonyl (C=O) groups excluding carboxylic acids is 2. The minimum absolute atomic E-state index is 0.254. The van der Waals surface area contributed by atoms with E-state index in [-0.39, 0.29) is 11.8 Å². The summed E-state index contributed by atoms with van der Waals surface area (Å²) in [5, 5.41) is 3.80. The van der Waals surface area contributed by atoms with Crippen LogP contribution in [0.25, 0.3) is 5.57 Å². The van der Waals surface area contributed by atoms with E-state index in [0.29, 0.717) is 29.3 Å². The van der Waals surface area contributed by atoms with Crippen LogP contribution in [0, 0.1) is 20.8 Å². The predicted molar refractivity (Wildman–Crippen MR) is 110 cm³/mol. The van der Waals surface area contributed by atoms with Gasteiger partial charge in [0, 0.05) is 17.3 Å². The molecule has 0 bridgehead atoms. The number of carbonyl (C=O) groups is 2. The second-order valence-corrected chi connectivity index (χ2v) is 7.27. The zero-order valence-electron chi connectivity index (χ0n) is 16.0. The maximum atomic E-state index is 13.1. The minimum atomic E-state index is -0.295. The van der Waals surface area contributed by atoms with Gasteiger partial charge in [0.2, 0.25) is 0 Å². The molecule has 3 rings (SSSR count). The highest BCUT2D eigenvalue weighted by Crippen LogP contribution is 2.34. The van der Waals surface area contributed by atoms with E-state index in [2.05, 4.69) is 5.32 Å². The summed E-state index contributed by atoms with van der Waals surface area (Å²) in [6.45, 7) is 8.19. The highest BCUT2D eigenvalue weighted by Gasteiger charge is 2.39. The maximum absolute atomic E-state index is 13.1. The molecule has 0 unspecified atom stereocenters. The fraction of sp³-hybridized carbons (Fsp3) is 0.273. The second kappa shape index (κ2) is 7.57. The molecule has 4 nitrogen and oxygen atoms in total. The molecule has 140 valence electrons. The molecule has 1 N–H and O–H groups in total. The summed E-state index contributed by atoms with van der Waals surface area (Å²) in [5.41, 5.74) is 5.14. The van der Waals surface area contributed by atoms with Crippen molar-refractivity contribution in [2.24, 2.45) is 0 Å². The van der Waals surface area contributed by atoms with Gasteiger partial charge in [0.1, 0.15) is 5.70 Å². The number of nitrogens with zero attached hydrogens (tertiary/aromatic N) is 1. The van der Waals surface area contributed by atoms with Gasteiger partial charge in [-0.3, -0.25) is 14.5 Å². The molecule has 0 atom stereocenters. The first-order chi connectivity index (χ1) is 12.8. The van der Waals surface area contributed by atoms with Gasteiger partial charge in [-0.1, -0.05) is 48.4 Å².